The lowest BCUT2D eigenvalue weighted by atomic mass is 9.97. The highest BCUT2D eigenvalue weighted by molar-refractivity contribution is 5.96. The molecule has 0 aliphatic carbocycles. The number of nitrogens with two attached hydrogens (primary N) is 1. The minimum atomic E-state index is -0.591. The molecule has 122 valence electrons. The number of aromatic nitrogens is 3. The summed E-state index contributed by atoms with van der Waals surface area (Å²) in [4.78, 5) is 25.9. The van der Waals surface area contributed by atoms with Crippen LogP contribution in [-0.2, 0) is 0 Å². The molecule has 1 fully saturated rings. The van der Waals surface area contributed by atoms with E-state index in [1.54, 1.807) is 24.8 Å². The van der Waals surface area contributed by atoms with Crippen LogP contribution in [0.1, 0.15) is 63.3 Å². The van der Waals surface area contributed by atoms with E-state index in [0.717, 1.165) is 25.0 Å². The number of carbonyl (C=O) groups excluding carboxylic acids is 2. The number of rotatable bonds is 3. The Balaban J connectivity index is 1.92. The molecule has 0 bridgehead atoms. The van der Waals surface area contributed by atoms with Crippen molar-refractivity contribution in [3.05, 3.63) is 34.5 Å². The van der Waals surface area contributed by atoms with Crippen LogP contribution in [0.15, 0.2) is 10.6 Å². The lowest BCUT2D eigenvalue weighted by molar-refractivity contribution is 0.0603. The fraction of sp³-hybridized carbons (Fsp3) is 0.467. The summed E-state index contributed by atoms with van der Waals surface area (Å²) < 4.78 is 5.10. The number of nitrogens with zero attached hydrogens (tertiary/aromatic N) is 3. The molecular weight excluding hydrogens is 298 g/mol. The van der Waals surface area contributed by atoms with Crippen LogP contribution in [0.5, 0.6) is 0 Å². The number of amides is 2. The maximum Gasteiger partial charge on any atom is 0.269 e. The van der Waals surface area contributed by atoms with Crippen LogP contribution in [0.2, 0.25) is 0 Å². The molecular formula is C15H19N5O3. The summed E-state index contributed by atoms with van der Waals surface area (Å²) in [5.41, 5.74) is 7.23. The van der Waals surface area contributed by atoms with Gasteiger partial charge in [0.2, 0.25) is 0 Å². The van der Waals surface area contributed by atoms with Crippen molar-refractivity contribution < 1.29 is 14.1 Å². The number of carbonyl (C=O) groups is 2. The first-order valence-electron chi connectivity index (χ1n) is 7.58. The molecule has 3 heterocycles. The van der Waals surface area contributed by atoms with E-state index in [1.807, 2.05) is 0 Å². The average Bonchev–Trinajstić information content (AvgIpc) is 3.14. The number of nitrogens with one attached hydrogen (secondary N) is 1. The Morgan fingerprint density at radius 1 is 1.39 bits per heavy atom. The predicted molar refractivity (Wildman–Crippen MR) is 80.7 cm³/mol. The van der Waals surface area contributed by atoms with Crippen LogP contribution < -0.4 is 5.73 Å². The molecule has 8 heteroatoms. The summed E-state index contributed by atoms with van der Waals surface area (Å²) in [6.07, 6.45) is 2.74. The predicted octanol–water partition coefficient (Wildman–Crippen LogP) is 1.48. The molecule has 23 heavy (non-hydrogen) atoms. The van der Waals surface area contributed by atoms with Gasteiger partial charge in [0.05, 0.1) is 17.4 Å². The molecule has 0 radical (unpaired) electrons. The molecule has 1 aliphatic heterocycles. The molecule has 1 saturated heterocycles. The monoisotopic (exact) mass is 317 g/mol. The standard InChI is InChI=1S/C15H19N5O3/c1-8-13(9(2)23-19-8)15(22)20-6-4-3-5-12(20)10-7-11(14(16)21)18-17-10/h7,12H,3-6H2,1-2H3,(H2,16,21)(H,17,18)/t12-/m0/s1. The maximum atomic E-state index is 12.9. The molecule has 0 saturated carbocycles. The minimum Gasteiger partial charge on any atom is -0.364 e. The molecule has 1 atom stereocenters. The van der Waals surface area contributed by atoms with Crippen LogP contribution in [0, 0.1) is 13.8 Å². The molecule has 0 spiro atoms. The smallest absolute Gasteiger partial charge is 0.269 e. The first kappa shape index (κ1) is 15.3. The van der Waals surface area contributed by atoms with Gasteiger partial charge in [-0.2, -0.15) is 5.10 Å². The van der Waals surface area contributed by atoms with E-state index in [1.165, 1.54) is 0 Å². The molecule has 0 aromatic carbocycles. The highest BCUT2D eigenvalue weighted by Crippen LogP contribution is 2.32. The van der Waals surface area contributed by atoms with E-state index in [4.69, 9.17) is 10.3 Å². The molecule has 8 nitrogen and oxygen atoms in total. The second-order valence-electron chi connectivity index (χ2n) is 5.78. The molecule has 2 aromatic rings. The van der Waals surface area contributed by atoms with Crippen molar-refractivity contribution in [3.8, 4) is 0 Å². The Kier molecular flexibility index (Phi) is 3.89. The van der Waals surface area contributed by atoms with Crippen molar-refractivity contribution in [2.45, 2.75) is 39.2 Å². The fourth-order valence-electron chi connectivity index (χ4n) is 3.06. The first-order valence-corrected chi connectivity index (χ1v) is 7.58. The SMILES string of the molecule is Cc1noc(C)c1C(=O)N1CCCC[C@H]1c1cc(C(N)=O)n[nH]1. The van der Waals surface area contributed by atoms with E-state index in [0.29, 0.717) is 23.6 Å². The van der Waals surface area contributed by atoms with Gasteiger partial charge in [-0.15, -0.1) is 0 Å². The summed E-state index contributed by atoms with van der Waals surface area (Å²) in [6.45, 7) is 4.12. The number of H-pyrrole nitrogens is 1. The van der Waals surface area contributed by atoms with Gasteiger partial charge in [-0.3, -0.25) is 14.7 Å². The summed E-state index contributed by atoms with van der Waals surface area (Å²) in [5.74, 6) is -0.188. The maximum absolute atomic E-state index is 12.9. The van der Waals surface area contributed by atoms with Gasteiger partial charge in [0.15, 0.2) is 0 Å². The van der Waals surface area contributed by atoms with Gasteiger partial charge in [0.25, 0.3) is 11.8 Å². The Bertz CT molecular complexity index is 729. The Morgan fingerprint density at radius 2 is 2.17 bits per heavy atom. The van der Waals surface area contributed by atoms with E-state index >= 15 is 0 Å². The van der Waals surface area contributed by atoms with Crippen LogP contribution >= 0.6 is 0 Å². The van der Waals surface area contributed by atoms with Crippen molar-refractivity contribution in [2.24, 2.45) is 5.73 Å². The third-order valence-corrected chi connectivity index (χ3v) is 4.22. The number of aryl methyl sites for hydroxylation is 2. The first-order chi connectivity index (χ1) is 11.0. The van der Waals surface area contributed by atoms with Crippen LogP contribution in [0.3, 0.4) is 0 Å². The number of aromatic amines is 1. The third-order valence-electron chi connectivity index (χ3n) is 4.22. The van der Waals surface area contributed by atoms with Gasteiger partial charge in [-0.05, 0) is 39.2 Å². The number of hydrogen-bond donors (Lipinski definition) is 2. The number of likely N-dealkylation sites (tertiary alicyclic amines) is 1. The van der Waals surface area contributed by atoms with Gasteiger partial charge in [-0.25, -0.2) is 0 Å². The van der Waals surface area contributed by atoms with E-state index in [2.05, 4.69) is 15.4 Å². The molecule has 2 aromatic heterocycles. The van der Waals surface area contributed by atoms with Gasteiger partial charge in [-0.1, -0.05) is 5.16 Å². The molecule has 3 N–H and O–H groups in total. The van der Waals surface area contributed by atoms with Crippen molar-refractivity contribution in [1.29, 1.82) is 0 Å². The van der Waals surface area contributed by atoms with Crippen LogP contribution in [0.25, 0.3) is 0 Å². The van der Waals surface area contributed by atoms with E-state index < -0.39 is 5.91 Å². The van der Waals surface area contributed by atoms with Gasteiger partial charge >= 0.3 is 0 Å². The second-order valence-corrected chi connectivity index (χ2v) is 5.78. The highest BCUT2D eigenvalue weighted by Gasteiger charge is 2.33. The second kappa shape index (κ2) is 5.86. The molecule has 3 rings (SSSR count). The highest BCUT2D eigenvalue weighted by atomic mass is 16.5. The van der Waals surface area contributed by atoms with Crippen molar-refractivity contribution >= 4 is 11.8 Å². The minimum absolute atomic E-state index is 0.110. The molecule has 2 amide bonds. The number of piperidine rings is 1. The Hall–Kier alpha value is -2.64. The lowest BCUT2D eigenvalue weighted by Crippen LogP contribution is -2.39. The number of hydrogen-bond acceptors (Lipinski definition) is 5. The van der Waals surface area contributed by atoms with Crippen molar-refractivity contribution in [1.82, 2.24) is 20.3 Å². The molecule has 0 unspecified atom stereocenters. The average molecular weight is 317 g/mol. The van der Waals surface area contributed by atoms with E-state index in [9.17, 15) is 9.59 Å². The van der Waals surface area contributed by atoms with Crippen LogP contribution in [-0.4, -0.2) is 38.6 Å². The van der Waals surface area contributed by atoms with Gasteiger partial charge < -0.3 is 15.2 Å². The third kappa shape index (κ3) is 2.71. The normalized spacial score (nSPS) is 18.2. The summed E-state index contributed by atoms with van der Waals surface area (Å²) in [5, 5.41) is 10.6. The summed E-state index contributed by atoms with van der Waals surface area (Å²) >= 11 is 0. The summed E-state index contributed by atoms with van der Waals surface area (Å²) in [7, 11) is 0. The zero-order chi connectivity index (χ0) is 16.6. The fourth-order valence-corrected chi connectivity index (χ4v) is 3.06. The topological polar surface area (TPSA) is 118 Å². The number of primary amides is 1. The van der Waals surface area contributed by atoms with Crippen molar-refractivity contribution in [2.75, 3.05) is 6.54 Å². The quantitative estimate of drug-likeness (QED) is 0.889. The van der Waals surface area contributed by atoms with Gasteiger partial charge in [0, 0.05) is 6.54 Å². The van der Waals surface area contributed by atoms with Crippen LogP contribution in [0.4, 0.5) is 0 Å². The van der Waals surface area contributed by atoms with Gasteiger partial charge in [0.1, 0.15) is 17.0 Å². The van der Waals surface area contributed by atoms with Crippen molar-refractivity contribution in [3.63, 3.8) is 0 Å². The Morgan fingerprint density at radius 3 is 2.78 bits per heavy atom. The lowest BCUT2D eigenvalue weighted by Gasteiger charge is -2.35. The van der Waals surface area contributed by atoms with E-state index in [-0.39, 0.29) is 17.6 Å². The molecule has 1 aliphatic rings. The Labute approximate surface area is 133 Å². The largest absolute Gasteiger partial charge is 0.364 e. The zero-order valence-corrected chi connectivity index (χ0v) is 13.1. The summed E-state index contributed by atoms with van der Waals surface area (Å²) in [6, 6.07) is 1.46. The zero-order valence-electron chi connectivity index (χ0n) is 13.1.